The zero-order valence-corrected chi connectivity index (χ0v) is 22.7. The predicted octanol–water partition coefficient (Wildman–Crippen LogP) is 1.39. The average molecular weight is 537 g/mol. The van der Waals surface area contributed by atoms with Crippen molar-refractivity contribution in [2.75, 3.05) is 46.9 Å². The first-order chi connectivity index (χ1) is 17.8. The number of amides is 1. The lowest BCUT2D eigenvalue weighted by Crippen LogP contribution is -2.45. The van der Waals surface area contributed by atoms with E-state index in [1.54, 1.807) is 18.2 Å². The van der Waals surface area contributed by atoms with Gasteiger partial charge in [-0.2, -0.15) is 0 Å². The molecule has 206 valence electrons. The molecule has 1 aliphatic rings. The maximum Gasteiger partial charge on any atom is 0.255 e. The van der Waals surface area contributed by atoms with Crippen LogP contribution in [0.3, 0.4) is 0 Å². The van der Waals surface area contributed by atoms with Gasteiger partial charge in [-0.15, -0.1) is 0 Å². The third-order valence-corrected chi connectivity index (χ3v) is 8.08. The Morgan fingerprint density at radius 1 is 1.19 bits per heavy atom. The van der Waals surface area contributed by atoms with Crippen molar-refractivity contribution in [2.24, 2.45) is 5.73 Å². The summed E-state index contributed by atoms with van der Waals surface area (Å²) < 4.78 is 22.1. The lowest BCUT2D eigenvalue weighted by molar-refractivity contribution is -0.112. The van der Waals surface area contributed by atoms with Crippen molar-refractivity contribution in [1.29, 1.82) is 0 Å². The molecule has 2 unspecified atom stereocenters. The third kappa shape index (κ3) is 9.50. The number of carbonyl (C=O) groups excluding carboxylic acids is 4. The molecule has 1 heterocycles. The van der Waals surface area contributed by atoms with Crippen LogP contribution in [0.25, 0.3) is 0 Å². The van der Waals surface area contributed by atoms with E-state index < -0.39 is 23.1 Å². The molecule has 37 heavy (non-hydrogen) atoms. The van der Waals surface area contributed by atoms with Gasteiger partial charge >= 0.3 is 0 Å². The molecule has 0 spiro atoms. The molecule has 0 aliphatic carbocycles. The van der Waals surface area contributed by atoms with Crippen molar-refractivity contribution < 1.29 is 28.1 Å². The van der Waals surface area contributed by atoms with Gasteiger partial charge < -0.3 is 25.0 Å². The Kier molecular flexibility index (Phi) is 13.8. The zero-order valence-electron chi connectivity index (χ0n) is 21.9. The first-order valence-electron chi connectivity index (χ1n) is 12.8. The van der Waals surface area contributed by atoms with E-state index in [1.165, 1.54) is 11.9 Å². The number of aryl methyl sites for hydroxylation is 1. The zero-order chi connectivity index (χ0) is 27.2. The van der Waals surface area contributed by atoms with Gasteiger partial charge in [0.25, 0.3) is 5.91 Å². The van der Waals surface area contributed by atoms with E-state index in [2.05, 4.69) is 0 Å². The highest BCUT2D eigenvalue weighted by molar-refractivity contribution is 7.80. The smallest absolute Gasteiger partial charge is 0.255 e. The van der Waals surface area contributed by atoms with Crippen LogP contribution in [-0.4, -0.2) is 102 Å². The van der Waals surface area contributed by atoms with E-state index in [0.29, 0.717) is 57.0 Å². The van der Waals surface area contributed by atoms with Crippen molar-refractivity contribution in [2.45, 2.75) is 57.0 Å². The average Bonchev–Trinajstić information content (AvgIpc) is 2.92. The Bertz CT molecular complexity index is 922. The molecule has 1 aromatic rings. The molecule has 1 fully saturated rings. The normalized spacial score (nSPS) is 16.3. The lowest BCUT2D eigenvalue weighted by atomic mass is 9.96. The summed E-state index contributed by atoms with van der Waals surface area (Å²) in [5.41, 5.74) is 7.17. The molecule has 0 saturated carbocycles. The SMILES string of the molecule is CN(C(=O)c1c(C=O)cccc1CCCOCCCN(C)S(=O)N1CCC(N)CC1)C(C=O)CCC=O. The molecular formula is C26H40N4O6S. The molecule has 1 aromatic carbocycles. The van der Waals surface area contributed by atoms with Gasteiger partial charge in [0.15, 0.2) is 17.5 Å². The summed E-state index contributed by atoms with van der Waals surface area (Å²) in [6, 6.07) is 4.56. The molecule has 2 atom stereocenters. The van der Waals surface area contributed by atoms with Crippen LogP contribution >= 0.6 is 0 Å². The second-order valence-corrected chi connectivity index (χ2v) is 10.9. The number of ether oxygens (including phenoxy) is 1. The van der Waals surface area contributed by atoms with Crippen LogP contribution in [0.15, 0.2) is 18.2 Å². The van der Waals surface area contributed by atoms with Crippen LogP contribution in [-0.2, 0) is 31.9 Å². The molecule has 1 aliphatic heterocycles. The Labute approximate surface area is 222 Å². The van der Waals surface area contributed by atoms with Crippen LogP contribution < -0.4 is 5.73 Å². The van der Waals surface area contributed by atoms with E-state index in [1.807, 2.05) is 15.7 Å². The number of aldehydes is 3. The Balaban J connectivity index is 1.82. The van der Waals surface area contributed by atoms with E-state index in [-0.39, 0.29) is 30.0 Å². The van der Waals surface area contributed by atoms with Crippen LogP contribution in [0, 0.1) is 0 Å². The van der Waals surface area contributed by atoms with E-state index in [9.17, 15) is 23.4 Å². The highest BCUT2D eigenvalue weighted by atomic mass is 32.2. The maximum absolute atomic E-state index is 13.2. The summed E-state index contributed by atoms with van der Waals surface area (Å²) in [7, 11) is 3.35. The second-order valence-electron chi connectivity index (χ2n) is 9.28. The molecule has 11 heteroatoms. The Morgan fingerprint density at radius 2 is 1.89 bits per heavy atom. The van der Waals surface area contributed by atoms with E-state index in [0.717, 1.165) is 32.4 Å². The summed E-state index contributed by atoms with van der Waals surface area (Å²) in [5.74, 6) is -0.423. The second kappa shape index (κ2) is 16.5. The number of nitrogens with two attached hydrogens (primary N) is 1. The lowest BCUT2D eigenvalue weighted by Gasteiger charge is -2.31. The van der Waals surface area contributed by atoms with Crippen molar-refractivity contribution >= 4 is 35.9 Å². The van der Waals surface area contributed by atoms with Gasteiger partial charge in [0.05, 0.1) is 11.6 Å². The van der Waals surface area contributed by atoms with Crippen molar-refractivity contribution in [3.8, 4) is 0 Å². The summed E-state index contributed by atoms with van der Waals surface area (Å²) in [6.07, 6.45) is 6.02. The number of carbonyl (C=O) groups is 4. The quantitative estimate of drug-likeness (QED) is 0.235. The van der Waals surface area contributed by atoms with Gasteiger partial charge in [-0.3, -0.25) is 9.59 Å². The van der Waals surface area contributed by atoms with Gasteiger partial charge in [-0.05, 0) is 44.1 Å². The molecule has 2 N–H and O–H groups in total. The van der Waals surface area contributed by atoms with Crippen molar-refractivity contribution in [1.82, 2.24) is 13.5 Å². The van der Waals surface area contributed by atoms with Crippen LogP contribution in [0.5, 0.6) is 0 Å². The fourth-order valence-corrected chi connectivity index (χ4v) is 5.47. The van der Waals surface area contributed by atoms with E-state index in [4.69, 9.17) is 10.5 Å². The molecule has 0 aromatic heterocycles. The van der Waals surface area contributed by atoms with Gasteiger partial charge in [-0.25, -0.2) is 12.8 Å². The van der Waals surface area contributed by atoms with Crippen molar-refractivity contribution in [3.05, 3.63) is 34.9 Å². The number of rotatable bonds is 17. The van der Waals surface area contributed by atoms with Crippen LogP contribution in [0.4, 0.5) is 0 Å². The summed E-state index contributed by atoms with van der Waals surface area (Å²) in [6.45, 7) is 3.13. The van der Waals surface area contributed by atoms with E-state index >= 15 is 0 Å². The van der Waals surface area contributed by atoms with Crippen LogP contribution in [0.2, 0.25) is 0 Å². The molecule has 1 amide bonds. The molecule has 2 rings (SSSR count). The predicted molar refractivity (Wildman–Crippen MR) is 142 cm³/mol. The number of hydrogen-bond donors (Lipinski definition) is 1. The molecule has 0 bridgehead atoms. The summed E-state index contributed by atoms with van der Waals surface area (Å²) in [4.78, 5) is 48.3. The first-order valence-corrected chi connectivity index (χ1v) is 13.8. The Morgan fingerprint density at radius 3 is 2.54 bits per heavy atom. The third-order valence-electron chi connectivity index (χ3n) is 6.56. The van der Waals surface area contributed by atoms with Gasteiger partial charge in [-0.1, -0.05) is 18.2 Å². The minimum Gasteiger partial charge on any atom is -0.381 e. The van der Waals surface area contributed by atoms with Gasteiger partial charge in [0.2, 0.25) is 0 Å². The number of benzene rings is 1. The van der Waals surface area contributed by atoms with Gasteiger partial charge in [0, 0.05) is 65.0 Å². The minimum atomic E-state index is -1.17. The summed E-state index contributed by atoms with van der Waals surface area (Å²) in [5, 5.41) is 0. The fraction of sp³-hybridized carbons (Fsp3) is 0.615. The number of nitrogens with zero attached hydrogens (tertiary/aromatic N) is 3. The highest BCUT2D eigenvalue weighted by Gasteiger charge is 2.25. The Hall–Kier alpha value is -2.31. The minimum absolute atomic E-state index is 0.166. The fourth-order valence-electron chi connectivity index (χ4n) is 4.27. The molecule has 1 saturated heterocycles. The molecule has 10 nitrogen and oxygen atoms in total. The monoisotopic (exact) mass is 536 g/mol. The summed E-state index contributed by atoms with van der Waals surface area (Å²) >= 11 is -1.17. The largest absolute Gasteiger partial charge is 0.381 e. The number of hydrogen-bond acceptors (Lipinski definition) is 7. The van der Waals surface area contributed by atoms with Crippen molar-refractivity contribution in [3.63, 3.8) is 0 Å². The standard InChI is InChI=1S/C26H40N4O6S/c1-28(37(35)30-14-11-23(27)12-15-30)13-6-18-36-17-5-9-21-7-3-8-22(19-32)25(21)26(34)29(2)24(20-33)10-4-16-31/h3,7-8,16,19-20,23-24H,4-6,9-15,17-18,27H2,1-2H3. The maximum atomic E-state index is 13.2. The van der Waals surface area contributed by atoms with Crippen LogP contribution in [0.1, 0.15) is 64.8 Å². The van der Waals surface area contributed by atoms with Gasteiger partial charge in [0.1, 0.15) is 12.6 Å². The highest BCUT2D eigenvalue weighted by Crippen LogP contribution is 2.19. The molecule has 0 radical (unpaired) electrons. The number of piperidine rings is 1. The first kappa shape index (κ1) is 30.9. The topological polar surface area (TPSA) is 130 Å². The molecular weight excluding hydrogens is 496 g/mol. The number of likely N-dealkylation sites (N-methyl/N-ethyl adjacent to an activating group) is 1.